The Morgan fingerprint density at radius 3 is 2.74 bits per heavy atom. The lowest BCUT2D eigenvalue weighted by Crippen LogP contribution is -2.46. The summed E-state index contributed by atoms with van der Waals surface area (Å²) in [6, 6.07) is 2.71. The third kappa shape index (κ3) is 5.26. The summed E-state index contributed by atoms with van der Waals surface area (Å²) in [5.41, 5.74) is 1.99. The molecule has 23 heavy (non-hydrogen) atoms. The van der Waals surface area contributed by atoms with Crippen molar-refractivity contribution in [1.82, 2.24) is 25.2 Å². The molecular formula is C17H28BrN5. The summed E-state index contributed by atoms with van der Waals surface area (Å²) in [4.78, 5) is 9.09. The van der Waals surface area contributed by atoms with E-state index in [0.29, 0.717) is 6.04 Å². The molecule has 1 aliphatic heterocycles. The average Bonchev–Trinajstić information content (AvgIpc) is 2.90. The molecule has 0 amide bonds. The zero-order valence-corrected chi connectivity index (χ0v) is 16.0. The average molecular weight is 382 g/mol. The van der Waals surface area contributed by atoms with Crippen molar-refractivity contribution in [3.8, 4) is 0 Å². The van der Waals surface area contributed by atoms with E-state index in [-0.39, 0.29) is 0 Å². The highest BCUT2D eigenvalue weighted by atomic mass is 79.9. The van der Waals surface area contributed by atoms with Gasteiger partial charge in [-0.2, -0.15) is 0 Å². The second-order valence-electron chi connectivity index (χ2n) is 5.93. The van der Waals surface area contributed by atoms with Gasteiger partial charge in [-0.1, -0.05) is 13.3 Å². The van der Waals surface area contributed by atoms with Crippen molar-refractivity contribution in [2.24, 2.45) is 0 Å². The van der Waals surface area contributed by atoms with Crippen LogP contribution >= 0.6 is 15.9 Å². The largest absolute Gasteiger partial charge is 0.314 e. The van der Waals surface area contributed by atoms with E-state index in [1.807, 2.05) is 12.3 Å². The van der Waals surface area contributed by atoms with Gasteiger partial charge in [0, 0.05) is 49.3 Å². The van der Waals surface area contributed by atoms with Crippen LogP contribution < -0.4 is 10.6 Å². The summed E-state index contributed by atoms with van der Waals surface area (Å²) in [6.07, 6.45) is 5.26. The normalized spacial score (nSPS) is 17.8. The molecule has 0 spiro atoms. The van der Waals surface area contributed by atoms with Crippen LogP contribution in [0.4, 0.5) is 0 Å². The molecule has 2 aromatic rings. The maximum atomic E-state index is 4.65. The summed E-state index contributed by atoms with van der Waals surface area (Å²) in [5, 5.41) is 6.59. The minimum absolute atomic E-state index is 0.675. The number of pyridine rings is 1. The van der Waals surface area contributed by atoms with Crippen molar-refractivity contribution in [1.29, 1.82) is 0 Å². The van der Waals surface area contributed by atoms with Crippen molar-refractivity contribution in [2.75, 3.05) is 19.6 Å². The van der Waals surface area contributed by atoms with Crippen LogP contribution in [-0.2, 0) is 13.0 Å². The van der Waals surface area contributed by atoms with Crippen molar-refractivity contribution >= 4 is 27.1 Å². The number of piperazine rings is 1. The first-order valence-corrected chi connectivity index (χ1v) is 9.39. The van der Waals surface area contributed by atoms with Gasteiger partial charge in [0.2, 0.25) is 0 Å². The number of rotatable bonds is 4. The third-order valence-corrected chi connectivity index (χ3v) is 4.38. The van der Waals surface area contributed by atoms with Gasteiger partial charge < -0.3 is 15.2 Å². The quantitative estimate of drug-likeness (QED) is 0.853. The molecule has 5 nitrogen and oxygen atoms in total. The van der Waals surface area contributed by atoms with E-state index >= 15 is 0 Å². The molecular weight excluding hydrogens is 354 g/mol. The topological polar surface area (TPSA) is 54.8 Å². The number of halogens is 1. The fourth-order valence-corrected chi connectivity index (χ4v) is 3.01. The molecule has 1 atom stereocenters. The van der Waals surface area contributed by atoms with E-state index in [1.54, 1.807) is 0 Å². The third-order valence-electron chi connectivity index (χ3n) is 3.95. The molecule has 128 valence electrons. The maximum absolute atomic E-state index is 4.65. The number of fused-ring (bicyclic) bond motifs is 1. The van der Waals surface area contributed by atoms with Gasteiger partial charge in [0.15, 0.2) is 5.65 Å². The minimum Gasteiger partial charge on any atom is -0.314 e. The number of nitrogens with zero attached hydrogens (tertiary/aromatic N) is 3. The first-order valence-electron chi connectivity index (χ1n) is 8.60. The molecule has 0 aliphatic carbocycles. The highest BCUT2D eigenvalue weighted by Gasteiger charge is 2.10. The van der Waals surface area contributed by atoms with Crippen LogP contribution in [0.3, 0.4) is 0 Å². The number of nitrogens with one attached hydrogen (secondary N) is 2. The zero-order chi connectivity index (χ0) is 16.7. The lowest BCUT2D eigenvalue weighted by atomic mass is 10.2. The minimum atomic E-state index is 0.675. The molecule has 6 heteroatoms. The molecule has 0 saturated carbocycles. The van der Waals surface area contributed by atoms with Crippen LogP contribution in [0.5, 0.6) is 0 Å². The predicted octanol–water partition coefficient (Wildman–Crippen LogP) is 3.12. The van der Waals surface area contributed by atoms with Gasteiger partial charge in [-0.15, -0.1) is 0 Å². The Balaban J connectivity index is 0.000000229. The van der Waals surface area contributed by atoms with Crippen molar-refractivity contribution < 1.29 is 0 Å². The first-order chi connectivity index (χ1) is 11.2. The molecule has 0 radical (unpaired) electrons. The number of imidazole rings is 1. The van der Waals surface area contributed by atoms with Crippen LogP contribution in [-0.4, -0.2) is 40.2 Å². The molecule has 1 fully saturated rings. The zero-order valence-electron chi connectivity index (χ0n) is 14.4. The second kappa shape index (κ2) is 9.35. The van der Waals surface area contributed by atoms with Gasteiger partial charge in [0.05, 0.1) is 0 Å². The lowest BCUT2D eigenvalue weighted by Gasteiger charge is -2.19. The van der Waals surface area contributed by atoms with Gasteiger partial charge in [-0.05, 0) is 42.3 Å². The number of aromatic nitrogens is 3. The Morgan fingerprint density at radius 2 is 2.17 bits per heavy atom. The van der Waals surface area contributed by atoms with Crippen LogP contribution in [0, 0.1) is 0 Å². The molecule has 1 aliphatic rings. The first kappa shape index (κ1) is 18.4. The fourth-order valence-electron chi connectivity index (χ4n) is 2.69. The highest BCUT2D eigenvalue weighted by molar-refractivity contribution is 9.10. The Kier molecular flexibility index (Phi) is 7.46. The Labute approximate surface area is 147 Å². The van der Waals surface area contributed by atoms with Crippen LogP contribution in [0.25, 0.3) is 11.2 Å². The van der Waals surface area contributed by atoms with E-state index in [2.05, 4.69) is 61.9 Å². The summed E-state index contributed by atoms with van der Waals surface area (Å²) in [5.74, 6) is 1.16. The summed E-state index contributed by atoms with van der Waals surface area (Å²) < 4.78 is 3.19. The van der Waals surface area contributed by atoms with Crippen LogP contribution in [0.1, 0.15) is 39.4 Å². The summed E-state index contributed by atoms with van der Waals surface area (Å²) >= 11 is 3.43. The van der Waals surface area contributed by atoms with Gasteiger partial charge >= 0.3 is 0 Å². The predicted molar refractivity (Wildman–Crippen MR) is 99.8 cm³/mol. The standard InChI is InChI=1S/C12H16BrN3.C5H12N2/c1-3-5-6-11-15-10-7-9(13)8-14-12(10)16(11)4-2;1-5-4-6-2-3-7-5/h7-8H,3-6H2,1-2H3;5-7H,2-4H2,1H3. The molecule has 3 heterocycles. The summed E-state index contributed by atoms with van der Waals surface area (Å²) in [6.45, 7) is 10.8. The maximum Gasteiger partial charge on any atom is 0.160 e. The number of unbranched alkanes of at least 4 members (excludes halogenated alkanes) is 1. The molecule has 0 bridgehead atoms. The van der Waals surface area contributed by atoms with Gasteiger partial charge in [-0.25, -0.2) is 9.97 Å². The number of hydrogen-bond acceptors (Lipinski definition) is 4. The Hall–Kier alpha value is -0.980. The van der Waals surface area contributed by atoms with E-state index < -0.39 is 0 Å². The molecule has 0 aromatic carbocycles. The summed E-state index contributed by atoms with van der Waals surface area (Å²) in [7, 11) is 0. The Bertz CT molecular complexity index is 604. The van der Waals surface area contributed by atoms with Gasteiger partial charge in [0.25, 0.3) is 0 Å². The van der Waals surface area contributed by atoms with Crippen LogP contribution in [0.2, 0.25) is 0 Å². The van der Waals surface area contributed by atoms with Crippen LogP contribution in [0.15, 0.2) is 16.7 Å². The number of hydrogen-bond donors (Lipinski definition) is 2. The van der Waals surface area contributed by atoms with Gasteiger partial charge in [0.1, 0.15) is 11.3 Å². The molecule has 2 N–H and O–H groups in total. The Morgan fingerprint density at radius 1 is 1.35 bits per heavy atom. The lowest BCUT2D eigenvalue weighted by molar-refractivity contribution is 0.442. The van der Waals surface area contributed by atoms with Gasteiger partial charge in [-0.3, -0.25) is 0 Å². The van der Waals surface area contributed by atoms with E-state index in [4.69, 9.17) is 0 Å². The molecule has 3 rings (SSSR count). The van der Waals surface area contributed by atoms with E-state index in [0.717, 1.165) is 54.1 Å². The molecule has 1 saturated heterocycles. The van der Waals surface area contributed by atoms with E-state index in [1.165, 1.54) is 12.8 Å². The number of aryl methyl sites for hydroxylation is 2. The monoisotopic (exact) mass is 381 g/mol. The second-order valence-corrected chi connectivity index (χ2v) is 6.85. The highest BCUT2D eigenvalue weighted by Crippen LogP contribution is 2.19. The molecule has 1 unspecified atom stereocenters. The molecule has 2 aromatic heterocycles. The smallest absolute Gasteiger partial charge is 0.160 e. The van der Waals surface area contributed by atoms with E-state index in [9.17, 15) is 0 Å². The SMILES string of the molecule is CC1CNCCN1.CCCCc1nc2cc(Br)cnc2n1CC. The van der Waals surface area contributed by atoms with Crippen molar-refractivity contribution in [3.63, 3.8) is 0 Å². The van der Waals surface area contributed by atoms with Crippen molar-refractivity contribution in [2.45, 2.75) is 52.6 Å². The van der Waals surface area contributed by atoms with Crippen molar-refractivity contribution in [3.05, 3.63) is 22.6 Å². The fraction of sp³-hybridized carbons (Fsp3) is 0.647.